The molecule has 0 fully saturated rings. The van der Waals surface area contributed by atoms with Crippen LogP contribution in [0, 0.1) is 0 Å². The number of aromatic nitrogens is 1. The molecule has 4 nitrogen and oxygen atoms in total. The molecule has 1 aromatic carbocycles. The number of carbonyl (C=O) groups is 1. The average Bonchev–Trinajstić information content (AvgIpc) is 2.58. The van der Waals surface area contributed by atoms with E-state index in [1.54, 1.807) is 12.1 Å². The summed E-state index contributed by atoms with van der Waals surface area (Å²) in [7, 11) is 0. The zero-order chi connectivity index (χ0) is 16.7. The third-order valence-electron chi connectivity index (χ3n) is 3.77. The summed E-state index contributed by atoms with van der Waals surface area (Å²) in [5.74, 6) is -0.151. The van der Waals surface area contributed by atoms with Crippen LogP contribution >= 0.6 is 11.6 Å². The number of halogens is 1. The van der Waals surface area contributed by atoms with Crippen molar-refractivity contribution in [2.75, 3.05) is 13.1 Å². The van der Waals surface area contributed by atoms with Crippen LogP contribution in [-0.4, -0.2) is 28.9 Å². The maximum absolute atomic E-state index is 12.1. The highest BCUT2D eigenvalue weighted by Crippen LogP contribution is 2.09. The molecule has 0 spiro atoms. The standard InChI is InChI=1S/C18H22ClN3O/c1-3-22(4-2)13-15-7-5-14(6-8-15)12-21-18(23)16-9-10-20-17(19)11-16/h5-11H,3-4,12-13H2,1-2H3,(H,21,23). The summed E-state index contributed by atoms with van der Waals surface area (Å²) in [4.78, 5) is 18.3. The molecule has 0 atom stereocenters. The van der Waals surface area contributed by atoms with Crippen LogP contribution in [0.5, 0.6) is 0 Å². The first-order chi connectivity index (χ1) is 11.1. The molecular weight excluding hydrogens is 310 g/mol. The predicted molar refractivity (Wildman–Crippen MR) is 93.5 cm³/mol. The van der Waals surface area contributed by atoms with E-state index in [0.717, 1.165) is 25.2 Å². The van der Waals surface area contributed by atoms with Crippen molar-refractivity contribution >= 4 is 17.5 Å². The summed E-state index contributed by atoms with van der Waals surface area (Å²) in [6.45, 7) is 7.86. The zero-order valence-corrected chi connectivity index (χ0v) is 14.3. The van der Waals surface area contributed by atoms with Gasteiger partial charge in [-0.2, -0.15) is 0 Å². The van der Waals surface area contributed by atoms with Gasteiger partial charge in [0.05, 0.1) is 0 Å². The number of benzene rings is 1. The van der Waals surface area contributed by atoms with Gasteiger partial charge < -0.3 is 5.32 Å². The van der Waals surface area contributed by atoms with Crippen LogP contribution in [0.15, 0.2) is 42.6 Å². The van der Waals surface area contributed by atoms with E-state index in [-0.39, 0.29) is 5.91 Å². The van der Waals surface area contributed by atoms with E-state index in [2.05, 4.69) is 53.3 Å². The van der Waals surface area contributed by atoms with Crippen LogP contribution in [0.4, 0.5) is 0 Å². The molecule has 5 heteroatoms. The van der Waals surface area contributed by atoms with Gasteiger partial charge in [0.1, 0.15) is 5.15 Å². The molecule has 0 saturated carbocycles. The average molecular weight is 332 g/mol. The summed E-state index contributed by atoms with van der Waals surface area (Å²) in [6.07, 6.45) is 1.53. The SMILES string of the molecule is CCN(CC)Cc1ccc(CNC(=O)c2ccnc(Cl)c2)cc1. The molecule has 1 N–H and O–H groups in total. The molecule has 23 heavy (non-hydrogen) atoms. The second-order valence-electron chi connectivity index (χ2n) is 5.33. The third kappa shape index (κ3) is 5.34. The predicted octanol–water partition coefficient (Wildman–Crippen LogP) is 3.51. The van der Waals surface area contributed by atoms with Gasteiger partial charge in [0, 0.05) is 24.8 Å². The fourth-order valence-electron chi connectivity index (χ4n) is 2.30. The van der Waals surface area contributed by atoms with Crippen molar-refractivity contribution < 1.29 is 4.79 Å². The summed E-state index contributed by atoms with van der Waals surface area (Å²) in [5, 5.41) is 3.21. The maximum atomic E-state index is 12.1. The Kier molecular flexibility index (Phi) is 6.56. The third-order valence-corrected chi connectivity index (χ3v) is 3.97. The number of nitrogens with one attached hydrogen (secondary N) is 1. The minimum absolute atomic E-state index is 0.151. The molecule has 1 amide bonds. The van der Waals surface area contributed by atoms with Crippen LogP contribution in [0.3, 0.4) is 0 Å². The first-order valence-electron chi connectivity index (χ1n) is 7.82. The highest BCUT2D eigenvalue weighted by atomic mass is 35.5. The van der Waals surface area contributed by atoms with Gasteiger partial charge in [-0.15, -0.1) is 0 Å². The van der Waals surface area contributed by atoms with Gasteiger partial charge in [-0.1, -0.05) is 49.7 Å². The van der Waals surface area contributed by atoms with Gasteiger partial charge in [-0.05, 0) is 36.3 Å². The molecule has 1 aromatic heterocycles. The van der Waals surface area contributed by atoms with E-state index in [1.165, 1.54) is 11.8 Å². The lowest BCUT2D eigenvalue weighted by Gasteiger charge is -2.18. The molecule has 0 aliphatic heterocycles. The van der Waals surface area contributed by atoms with Crippen molar-refractivity contribution in [3.63, 3.8) is 0 Å². The summed E-state index contributed by atoms with van der Waals surface area (Å²) in [6, 6.07) is 11.5. The Balaban J connectivity index is 1.90. The monoisotopic (exact) mass is 331 g/mol. The van der Waals surface area contributed by atoms with Crippen LogP contribution in [-0.2, 0) is 13.1 Å². The number of hydrogen-bond acceptors (Lipinski definition) is 3. The molecule has 0 unspecified atom stereocenters. The fourth-order valence-corrected chi connectivity index (χ4v) is 2.47. The molecular formula is C18H22ClN3O. The number of rotatable bonds is 7. The number of carbonyl (C=O) groups excluding carboxylic acids is 1. The van der Waals surface area contributed by atoms with E-state index < -0.39 is 0 Å². The van der Waals surface area contributed by atoms with Crippen molar-refractivity contribution in [2.24, 2.45) is 0 Å². The summed E-state index contributed by atoms with van der Waals surface area (Å²) >= 11 is 5.79. The van der Waals surface area contributed by atoms with Crippen LogP contribution in [0.25, 0.3) is 0 Å². The molecule has 2 aromatic rings. The molecule has 1 heterocycles. The number of hydrogen-bond donors (Lipinski definition) is 1. The first kappa shape index (κ1) is 17.4. The topological polar surface area (TPSA) is 45.2 Å². The van der Waals surface area contributed by atoms with Crippen molar-refractivity contribution in [3.8, 4) is 0 Å². The zero-order valence-electron chi connectivity index (χ0n) is 13.6. The molecule has 0 radical (unpaired) electrons. The smallest absolute Gasteiger partial charge is 0.251 e. The quantitative estimate of drug-likeness (QED) is 0.790. The molecule has 0 aliphatic carbocycles. The number of amides is 1. The molecule has 0 saturated heterocycles. The maximum Gasteiger partial charge on any atom is 0.251 e. The number of nitrogens with zero attached hydrogens (tertiary/aromatic N) is 2. The van der Waals surface area contributed by atoms with Crippen molar-refractivity contribution in [1.82, 2.24) is 15.2 Å². The van der Waals surface area contributed by atoms with Crippen LogP contribution in [0.1, 0.15) is 35.3 Å². The Bertz CT molecular complexity index is 639. The Hall–Kier alpha value is -1.91. The Morgan fingerprint density at radius 2 is 1.78 bits per heavy atom. The van der Waals surface area contributed by atoms with E-state index in [1.807, 2.05) is 0 Å². The summed E-state index contributed by atoms with van der Waals surface area (Å²) < 4.78 is 0. The lowest BCUT2D eigenvalue weighted by molar-refractivity contribution is 0.0951. The second kappa shape index (κ2) is 8.65. The van der Waals surface area contributed by atoms with E-state index in [4.69, 9.17) is 11.6 Å². The Morgan fingerprint density at radius 3 is 2.39 bits per heavy atom. The van der Waals surface area contributed by atoms with Gasteiger partial charge in [0.25, 0.3) is 5.91 Å². The Labute approximate surface area is 142 Å². The molecule has 0 aliphatic rings. The van der Waals surface area contributed by atoms with Crippen LogP contribution < -0.4 is 5.32 Å². The second-order valence-corrected chi connectivity index (χ2v) is 5.72. The van der Waals surface area contributed by atoms with Crippen molar-refractivity contribution in [1.29, 1.82) is 0 Å². The van der Waals surface area contributed by atoms with E-state index in [9.17, 15) is 4.79 Å². The molecule has 2 rings (SSSR count). The highest BCUT2D eigenvalue weighted by molar-refractivity contribution is 6.29. The lowest BCUT2D eigenvalue weighted by atomic mass is 10.1. The number of pyridine rings is 1. The first-order valence-corrected chi connectivity index (χ1v) is 8.20. The normalized spacial score (nSPS) is 10.8. The largest absolute Gasteiger partial charge is 0.348 e. The highest BCUT2D eigenvalue weighted by Gasteiger charge is 2.06. The van der Waals surface area contributed by atoms with Gasteiger partial charge in [0.15, 0.2) is 0 Å². The Morgan fingerprint density at radius 1 is 1.13 bits per heavy atom. The van der Waals surface area contributed by atoms with Gasteiger partial charge >= 0.3 is 0 Å². The van der Waals surface area contributed by atoms with Crippen molar-refractivity contribution in [3.05, 3.63) is 64.4 Å². The molecule has 0 bridgehead atoms. The fraction of sp³-hybridized carbons (Fsp3) is 0.333. The lowest BCUT2D eigenvalue weighted by Crippen LogP contribution is -2.23. The minimum atomic E-state index is -0.151. The minimum Gasteiger partial charge on any atom is -0.348 e. The van der Waals surface area contributed by atoms with Gasteiger partial charge in [-0.25, -0.2) is 4.98 Å². The molecule has 122 valence electrons. The van der Waals surface area contributed by atoms with Crippen LogP contribution in [0.2, 0.25) is 5.15 Å². The van der Waals surface area contributed by atoms with E-state index >= 15 is 0 Å². The van der Waals surface area contributed by atoms with E-state index in [0.29, 0.717) is 17.3 Å². The van der Waals surface area contributed by atoms with Gasteiger partial charge in [0.2, 0.25) is 0 Å². The van der Waals surface area contributed by atoms with Gasteiger partial charge in [-0.3, -0.25) is 9.69 Å². The summed E-state index contributed by atoms with van der Waals surface area (Å²) in [5.41, 5.74) is 2.87. The van der Waals surface area contributed by atoms with Crippen molar-refractivity contribution in [2.45, 2.75) is 26.9 Å².